The molecule has 0 heterocycles. The first kappa shape index (κ1) is 14.5. The maximum Gasteiger partial charge on any atom is 0.307 e. The number of carbonyl (C=O) groups excluding carboxylic acids is 1. The lowest BCUT2D eigenvalue weighted by atomic mass is 10.0. The number of esters is 1. The Hall–Kier alpha value is -1.56. The number of methoxy groups -OCH3 is 1. The minimum atomic E-state index is -1.23. The van der Waals surface area contributed by atoms with Gasteiger partial charge in [0.2, 0.25) is 0 Å². The van der Waals surface area contributed by atoms with Gasteiger partial charge in [-0.3, -0.25) is 4.79 Å². The van der Waals surface area contributed by atoms with Crippen LogP contribution in [0, 0.1) is 17.5 Å². The van der Waals surface area contributed by atoms with E-state index in [1.807, 2.05) is 0 Å². The smallest absolute Gasteiger partial charge is 0.307 e. The summed E-state index contributed by atoms with van der Waals surface area (Å²) in [7, 11) is 2.83. The summed E-state index contributed by atoms with van der Waals surface area (Å²) in [4.78, 5) is 11.1. The minimum Gasteiger partial charge on any atom is -0.469 e. The lowest BCUT2D eigenvalue weighted by molar-refractivity contribution is -0.141. The van der Waals surface area contributed by atoms with E-state index in [0.29, 0.717) is 6.07 Å². The molecule has 18 heavy (non-hydrogen) atoms. The maximum absolute atomic E-state index is 13.4. The molecular weight excluding hydrogens is 247 g/mol. The van der Waals surface area contributed by atoms with Gasteiger partial charge in [0, 0.05) is 12.1 Å². The van der Waals surface area contributed by atoms with Gasteiger partial charge in [-0.25, -0.2) is 13.2 Å². The van der Waals surface area contributed by atoms with Crippen LogP contribution in [0.1, 0.15) is 12.0 Å². The summed E-state index contributed by atoms with van der Waals surface area (Å²) in [6, 6.07) is 0.888. The average Bonchev–Trinajstić information content (AvgIpc) is 2.34. The number of likely N-dealkylation sites (N-methyl/N-ethyl adjacent to an activating group) is 1. The minimum absolute atomic E-state index is 0.0113. The Labute approximate surface area is 103 Å². The number of hydrogen-bond acceptors (Lipinski definition) is 3. The van der Waals surface area contributed by atoms with Gasteiger partial charge < -0.3 is 10.1 Å². The Morgan fingerprint density at radius 3 is 2.44 bits per heavy atom. The number of hydrogen-bond donors (Lipinski definition) is 1. The van der Waals surface area contributed by atoms with Crippen molar-refractivity contribution in [2.24, 2.45) is 0 Å². The fourth-order valence-electron chi connectivity index (χ4n) is 1.55. The van der Waals surface area contributed by atoms with Crippen LogP contribution in [0.4, 0.5) is 13.2 Å². The van der Waals surface area contributed by atoms with Crippen molar-refractivity contribution in [1.82, 2.24) is 5.32 Å². The molecule has 0 fully saturated rings. The summed E-state index contributed by atoms with van der Waals surface area (Å²) >= 11 is 0. The van der Waals surface area contributed by atoms with Crippen LogP contribution < -0.4 is 5.32 Å². The van der Waals surface area contributed by atoms with Crippen LogP contribution >= 0.6 is 0 Å². The molecule has 100 valence electrons. The summed E-state index contributed by atoms with van der Waals surface area (Å²) in [5.74, 6) is -3.64. The Bertz CT molecular complexity index is 438. The van der Waals surface area contributed by atoms with Crippen molar-refractivity contribution >= 4 is 5.97 Å². The van der Waals surface area contributed by atoms with Crippen molar-refractivity contribution in [2.45, 2.75) is 18.9 Å². The molecule has 0 saturated heterocycles. The largest absolute Gasteiger partial charge is 0.469 e. The van der Waals surface area contributed by atoms with Gasteiger partial charge in [-0.1, -0.05) is 0 Å². The molecule has 0 aliphatic carbocycles. The Morgan fingerprint density at radius 1 is 1.28 bits per heavy atom. The van der Waals surface area contributed by atoms with Gasteiger partial charge >= 0.3 is 5.97 Å². The van der Waals surface area contributed by atoms with Crippen LogP contribution in [0.3, 0.4) is 0 Å². The molecule has 1 atom stereocenters. The Balaban J connectivity index is 2.81. The number of rotatable bonds is 5. The van der Waals surface area contributed by atoms with Crippen molar-refractivity contribution in [3.8, 4) is 0 Å². The zero-order chi connectivity index (χ0) is 13.7. The monoisotopic (exact) mass is 261 g/mol. The molecule has 0 saturated carbocycles. The van der Waals surface area contributed by atoms with Crippen LogP contribution in [0.2, 0.25) is 0 Å². The predicted octanol–water partition coefficient (Wildman–Crippen LogP) is 1.80. The number of nitrogens with one attached hydrogen (secondary N) is 1. The molecule has 1 aromatic carbocycles. The van der Waals surface area contributed by atoms with Crippen LogP contribution in [-0.2, 0) is 16.0 Å². The predicted molar refractivity (Wildman–Crippen MR) is 59.5 cm³/mol. The van der Waals surface area contributed by atoms with Crippen LogP contribution in [-0.4, -0.2) is 26.2 Å². The highest BCUT2D eigenvalue weighted by atomic mass is 19.2. The fraction of sp³-hybridized carbons (Fsp3) is 0.417. The second-order valence-corrected chi connectivity index (χ2v) is 3.83. The van der Waals surface area contributed by atoms with Gasteiger partial charge in [0.1, 0.15) is 5.82 Å². The molecule has 3 nitrogen and oxygen atoms in total. The first-order chi connectivity index (χ1) is 8.47. The number of carbonyl (C=O) groups is 1. The van der Waals surface area contributed by atoms with Crippen molar-refractivity contribution < 1.29 is 22.7 Å². The molecule has 0 aliphatic rings. The molecule has 1 unspecified atom stereocenters. The highest BCUT2D eigenvalue weighted by Gasteiger charge is 2.17. The lowest BCUT2D eigenvalue weighted by Crippen LogP contribution is -2.31. The topological polar surface area (TPSA) is 38.3 Å². The molecule has 0 bridgehead atoms. The summed E-state index contributed by atoms with van der Waals surface area (Å²) in [6.07, 6.45) is 0.0834. The van der Waals surface area contributed by atoms with E-state index >= 15 is 0 Å². The van der Waals surface area contributed by atoms with Gasteiger partial charge in [0.15, 0.2) is 11.6 Å². The van der Waals surface area contributed by atoms with Crippen molar-refractivity contribution in [3.05, 3.63) is 35.1 Å². The van der Waals surface area contributed by atoms with Crippen molar-refractivity contribution in [2.75, 3.05) is 14.2 Å². The quantitative estimate of drug-likeness (QED) is 0.649. The molecule has 1 aromatic rings. The summed E-state index contributed by atoms with van der Waals surface area (Å²) < 4.78 is 43.6. The Morgan fingerprint density at radius 2 is 1.89 bits per heavy atom. The normalized spacial score (nSPS) is 12.3. The molecule has 1 rings (SSSR count). The molecule has 0 aliphatic heterocycles. The highest BCUT2D eigenvalue weighted by molar-refractivity contribution is 5.69. The molecule has 6 heteroatoms. The Kier molecular flexibility index (Phi) is 5.15. The van der Waals surface area contributed by atoms with Crippen molar-refractivity contribution in [3.63, 3.8) is 0 Å². The lowest BCUT2D eigenvalue weighted by Gasteiger charge is -2.15. The summed E-state index contributed by atoms with van der Waals surface area (Å²) in [6.45, 7) is 0. The highest BCUT2D eigenvalue weighted by Crippen LogP contribution is 2.16. The van der Waals surface area contributed by atoms with E-state index < -0.39 is 29.5 Å². The van der Waals surface area contributed by atoms with Crippen LogP contribution in [0.25, 0.3) is 0 Å². The standard InChI is InChI=1S/C12H14F3NO2/c1-16-8(5-12(17)18-2)3-7-4-10(14)11(15)6-9(7)13/h4,6,8,16H,3,5H2,1-2H3. The van der Waals surface area contributed by atoms with E-state index in [2.05, 4.69) is 10.1 Å². The third-order valence-corrected chi connectivity index (χ3v) is 2.60. The number of ether oxygens (including phenoxy) is 1. The van der Waals surface area contributed by atoms with Crippen LogP contribution in [0.5, 0.6) is 0 Å². The zero-order valence-corrected chi connectivity index (χ0v) is 10.1. The molecule has 1 N–H and O–H groups in total. The first-order valence-electron chi connectivity index (χ1n) is 5.35. The van der Waals surface area contributed by atoms with Gasteiger partial charge in [0.25, 0.3) is 0 Å². The van der Waals surface area contributed by atoms with Gasteiger partial charge in [-0.05, 0) is 25.1 Å². The third-order valence-electron chi connectivity index (χ3n) is 2.60. The first-order valence-corrected chi connectivity index (χ1v) is 5.35. The second-order valence-electron chi connectivity index (χ2n) is 3.83. The SMILES string of the molecule is CNC(CC(=O)OC)Cc1cc(F)c(F)cc1F. The second kappa shape index (κ2) is 6.39. The molecular formula is C12H14F3NO2. The molecule has 0 amide bonds. The zero-order valence-electron chi connectivity index (χ0n) is 10.1. The molecule has 0 spiro atoms. The maximum atomic E-state index is 13.4. The van der Waals surface area contributed by atoms with E-state index in [0.717, 1.165) is 6.07 Å². The third kappa shape index (κ3) is 3.73. The summed E-state index contributed by atoms with van der Waals surface area (Å²) in [5, 5.41) is 2.79. The molecule has 0 aromatic heterocycles. The van der Waals surface area contributed by atoms with E-state index in [-0.39, 0.29) is 18.4 Å². The average molecular weight is 261 g/mol. The number of halogens is 3. The summed E-state index contributed by atoms with van der Waals surface area (Å²) in [5.41, 5.74) is 0.0113. The van der Waals surface area contributed by atoms with E-state index in [4.69, 9.17) is 0 Å². The fourth-order valence-corrected chi connectivity index (χ4v) is 1.55. The molecule has 0 radical (unpaired) electrons. The van der Waals surface area contributed by atoms with Crippen LogP contribution in [0.15, 0.2) is 12.1 Å². The van der Waals surface area contributed by atoms with Gasteiger partial charge in [0.05, 0.1) is 13.5 Å². The van der Waals surface area contributed by atoms with Gasteiger partial charge in [-0.15, -0.1) is 0 Å². The van der Waals surface area contributed by atoms with E-state index in [1.165, 1.54) is 7.11 Å². The number of benzene rings is 1. The van der Waals surface area contributed by atoms with E-state index in [1.54, 1.807) is 7.05 Å². The van der Waals surface area contributed by atoms with E-state index in [9.17, 15) is 18.0 Å². The van der Waals surface area contributed by atoms with Crippen molar-refractivity contribution in [1.29, 1.82) is 0 Å². The van der Waals surface area contributed by atoms with Gasteiger partial charge in [-0.2, -0.15) is 0 Å².